The monoisotopic (exact) mass is 356 g/mol. The summed E-state index contributed by atoms with van der Waals surface area (Å²) in [5.74, 6) is -1.19. The molecular weight excluding hydrogens is 332 g/mol. The molecule has 1 amide bonds. The van der Waals surface area contributed by atoms with Crippen molar-refractivity contribution in [1.82, 2.24) is 9.80 Å². The first kappa shape index (κ1) is 18.4. The molecular formula is C20H24N2O4. The summed E-state index contributed by atoms with van der Waals surface area (Å²) in [5.41, 5.74) is 1.14. The zero-order valence-electron chi connectivity index (χ0n) is 14.9. The van der Waals surface area contributed by atoms with Gasteiger partial charge in [0.25, 0.3) is 5.91 Å². The number of ether oxygens (including phenoxy) is 1. The van der Waals surface area contributed by atoms with E-state index >= 15 is 0 Å². The number of aliphatic hydroxyl groups excluding tert-OH is 1. The van der Waals surface area contributed by atoms with E-state index in [1.54, 1.807) is 4.90 Å². The number of aliphatic hydroxyl groups is 1. The molecule has 1 aromatic rings. The number of carbonyl (C=O) groups excluding carboxylic acids is 2. The van der Waals surface area contributed by atoms with Gasteiger partial charge in [0, 0.05) is 26.2 Å². The van der Waals surface area contributed by atoms with Crippen LogP contribution in [0.25, 0.3) is 6.08 Å². The Kier molecular flexibility index (Phi) is 5.85. The molecule has 0 saturated carbocycles. The van der Waals surface area contributed by atoms with Crippen molar-refractivity contribution in [2.45, 2.75) is 13.0 Å². The van der Waals surface area contributed by atoms with E-state index in [0.29, 0.717) is 26.3 Å². The van der Waals surface area contributed by atoms with Crippen LogP contribution in [0.1, 0.15) is 12.5 Å². The number of morpholine rings is 1. The average molecular weight is 356 g/mol. The molecule has 0 aliphatic carbocycles. The van der Waals surface area contributed by atoms with Gasteiger partial charge in [-0.2, -0.15) is 0 Å². The van der Waals surface area contributed by atoms with E-state index in [9.17, 15) is 14.7 Å². The summed E-state index contributed by atoms with van der Waals surface area (Å²) in [7, 11) is 0. The van der Waals surface area contributed by atoms with Gasteiger partial charge in [0.1, 0.15) is 0 Å². The van der Waals surface area contributed by atoms with E-state index in [4.69, 9.17) is 4.74 Å². The number of hydrogen-bond acceptors (Lipinski definition) is 5. The predicted octanol–water partition coefficient (Wildman–Crippen LogP) is 1.64. The van der Waals surface area contributed by atoms with Gasteiger partial charge >= 0.3 is 0 Å². The molecule has 26 heavy (non-hydrogen) atoms. The quantitative estimate of drug-likeness (QED) is 0.839. The maximum absolute atomic E-state index is 12.5. The highest BCUT2D eigenvalue weighted by molar-refractivity contribution is 6.08. The van der Waals surface area contributed by atoms with Crippen LogP contribution < -0.4 is 0 Å². The molecule has 0 aromatic heterocycles. The average Bonchev–Trinajstić information content (AvgIpc) is 2.90. The van der Waals surface area contributed by atoms with E-state index in [0.717, 1.165) is 18.7 Å². The van der Waals surface area contributed by atoms with Gasteiger partial charge in [0.05, 0.1) is 24.8 Å². The van der Waals surface area contributed by atoms with Crippen molar-refractivity contribution in [1.29, 1.82) is 0 Å². The molecule has 0 radical (unpaired) electrons. The van der Waals surface area contributed by atoms with Gasteiger partial charge in [0.15, 0.2) is 11.5 Å². The topological polar surface area (TPSA) is 70.1 Å². The first-order chi connectivity index (χ1) is 12.6. The summed E-state index contributed by atoms with van der Waals surface area (Å²) in [6.45, 7) is 5.54. The molecule has 1 fully saturated rings. The maximum atomic E-state index is 12.5. The molecule has 6 heteroatoms. The number of ketones is 1. The largest absolute Gasteiger partial charge is 0.503 e. The molecule has 0 spiro atoms. The van der Waals surface area contributed by atoms with Gasteiger partial charge in [-0.15, -0.1) is 0 Å². The zero-order valence-corrected chi connectivity index (χ0v) is 14.9. The van der Waals surface area contributed by atoms with Crippen LogP contribution in [0.3, 0.4) is 0 Å². The Labute approximate surface area is 153 Å². The van der Waals surface area contributed by atoms with Crippen molar-refractivity contribution in [3.05, 3.63) is 53.3 Å². The van der Waals surface area contributed by atoms with Crippen LogP contribution in [0.2, 0.25) is 0 Å². The van der Waals surface area contributed by atoms with Gasteiger partial charge in [-0.3, -0.25) is 14.5 Å². The molecule has 1 atom stereocenters. The predicted molar refractivity (Wildman–Crippen MR) is 98.6 cm³/mol. The minimum atomic E-state index is -0.541. The second-order valence-electron chi connectivity index (χ2n) is 6.49. The number of nitrogens with zero attached hydrogens (tertiary/aromatic N) is 2. The molecule has 2 aliphatic heterocycles. The van der Waals surface area contributed by atoms with Gasteiger partial charge in [-0.25, -0.2) is 0 Å². The minimum absolute atomic E-state index is 0.171. The molecule has 1 unspecified atom stereocenters. The molecule has 3 rings (SSSR count). The van der Waals surface area contributed by atoms with Crippen LogP contribution in [0, 0.1) is 0 Å². The lowest BCUT2D eigenvalue weighted by Crippen LogP contribution is -2.44. The highest BCUT2D eigenvalue weighted by atomic mass is 16.5. The Balaban J connectivity index is 1.78. The highest BCUT2D eigenvalue weighted by Crippen LogP contribution is 2.27. The van der Waals surface area contributed by atoms with Crippen LogP contribution >= 0.6 is 0 Å². The number of rotatable bonds is 6. The summed E-state index contributed by atoms with van der Waals surface area (Å²) in [4.78, 5) is 28.3. The summed E-state index contributed by atoms with van der Waals surface area (Å²) < 4.78 is 5.34. The van der Waals surface area contributed by atoms with Crippen LogP contribution in [0.15, 0.2) is 47.7 Å². The van der Waals surface area contributed by atoms with Gasteiger partial charge in [-0.1, -0.05) is 42.5 Å². The Hall–Kier alpha value is -2.44. The first-order valence-electron chi connectivity index (χ1n) is 8.86. The van der Waals surface area contributed by atoms with Gasteiger partial charge < -0.3 is 14.7 Å². The molecule has 2 aliphatic rings. The van der Waals surface area contributed by atoms with Crippen molar-refractivity contribution in [2.75, 3.05) is 39.4 Å². The minimum Gasteiger partial charge on any atom is -0.503 e. The third-order valence-electron chi connectivity index (χ3n) is 4.76. The summed E-state index contributed by atoms with van der Waals surface area (Å²) in [6.07, 6.45) is 3.69. The fourth-order valence-corrected chi connectivity index (χ4v) is 3.33. The van der Waals surface area contributed by atoms with E-state index in [2.05, 4.69) is 4.90 Å². The fourth-order valence-electron chi connectivity index (χ4n) is 3.33. The van der Waals surface area contributed by atoms with Crippen molar-refractivity contribution in [2.24, 2.45) is 0 Å². The standard InChI is InChI=1S/C20H24N2O4/c1-15(23)18-17(8-7-16-5-3-2-4-6-16)22(20(25)19(18)24)10-9-21-11-13-26-14-12-21/h2-8,17,24H,9-14H2,1H3/b8-7+. The van der Waals surface area contributed by atoms with Crippen molar-refractivity contribution in [3.63, 3.8) is 0 Å². The second kappa shape index (κ2) is 8.29. The van der Waals surface area contributed by atoms with Gasteiger partial charge in [0.2, 0.25) is 0 Å². The lowest BCUT2D eigenvalue weighted by molar-refractivity contribution is -0.129. The lowest BCUT2D eigenvalue weighted by Gasteiger charge is -2.30. The van der Waals surface area contributed by atoms with E-state index in [1.165, 1.54) is 6.92 Å². The Morgan fingerprint density at radius 2 is 1.92 bits per heavy atom. The number of benzene rings is 1. The first-order valence-corrected chi connectivity index (χ1v) is 8.86. The van der Waals surface area contributed by atoms with E-state index in [-0.39, 0.29) is 11.4 Å². The van der Waals surface area contributed by atoms with Crippen LogP contribution in [-0.4, -0.2) is 72.0 Å². The zero-order chi connectivity index (χ0) is 18.5. The summed E-state index contributed by atoms with van der Waals surface area (Å²) in [5, 5.41) is 10.2. The summed E-state index contributed by atoms with van der Waals surface area (Å²) >= 11 is 0. The number of Topliss-reactive ketones (excluding diaryl/α,β-unsaturated/α-hetero) is 1. The molecule has 1 saturated heterocycles. The van der Waals surface area contributed by atoms with Crippen molar-refractivity contribution < 1.29 is 19.4 Å². The molecule has 0 bridgehead atoms. The molecule has 2 heterocycles. The molecule has 1 N–H and O–H groups in total. The second-order valence-corrected chi connectivity index (χ2v) is 6.49. The molecule has 6 nitrogen and oxygen atoms in total. The van der Waals surface area contributed by atoms with E-state index in [1.807, 2.05) is 42.5 Å². The fraction of sp³-hybridized carbons (Fsp3) is 0.400. The lowest BCUT2D eigenvalue weighted by atomic mass is 10.0. The summed E-state index contributed by atoms with van der Waals surface area (Å²) in [6, 6.07) is 9.13. The smallest absolute Gasteiger partial charge is 0.290 e. The van der Waals surface area contributed by atoms with Gasteiger partial charge in [-0.05, 0) is 12.5 Å². The Bertz CT molecular complexity index is 721. The number of hydrogen-bond donors (Lipinski definition) is 1. The normalized spacial score (nSPS) is 21.8. The third-order valence-corrected chi connectivity index (χ3v) is 4.76. The van der Waals surface area contributed by atoms with E-state index < -0.39 is 17.7 Å². The molecule has 1 aromatic carbocycles. The van der Waals surface area contributed by atoms with Crippen molar-refractivity contribution in [3.8, 4) is 0 Å². The van der Waals surface area contributed by atoms with Crippen molar-refractivity contribution >= 4 is 17.8 Å². The SMILES string of the molecule is CC(=O)C1=C(O)C(=O)N(CCN2CCOCC2)C1/C=C/c1ccccc1. The highest BCUT2D eigenvalue weighted by Gasteiger charge is 2.40. The van der Waals surface area contributed by atoms with Crippen LogP contribution in [-0.2, 0) is 14.3 Å². The Morgan fingerprint density at radius 3 is 2.58 bits per heavy atom. The molecule has 138 valence electrons. The van der Waals surface area contributed by atoms with Crippen LogP contribution in [0.4, 0.5) is 0 Å². The number of carbonyl (C=O) groups is 2. The Morgan fingerprint density at radius 1 is 1.23 bits per heavy atom. The maximum Gasteiger partial charge on any atom is 0.290 e. The number of amides is 1. The third kappa shape index (κ3) is 4.03. The van der Waals surface area contributed by atoms with Crippen LogP contribution in [0.5, 0.6) is 0 Å².